The van der Waals surface area contributed by atoms with Crippen LogP contribution in [0.1, 0.15) is 34.1 Å². The summed E-state index contributed by atoms with van der Waals surface area (Å²) < 4.78 is 29.7. The van der Waals surface area contributed by atoms with Crippen molar-refractivity contribution in [2.45, 2.75) is 76.0 Å². The van der Waals surface area contributed by atoms with E-state index in [1.54, 1.807) is 0 Å². The Kier molecular flexibility index (Phi) is 4.42. The molecule has 194 valence electrons. The average molecular weight is 496 g/mol. The first-order valence-electron chi connectivity index (χ1n) is 12.2. The first-order chi connectivity index (χ1) is 16.2. The van der Waals surface area contributed by atoms with Crippen molar-refractivity contribution in [2.24, 2.45) is 28.1 Å². The van der Waals surface area contributed by atoms with E-state index in [-0.39, 0.29) is 12.5 Å². The molecule has 3 unspecified atom stereocenters. The predicted molar refractivity (Wildman–Crippen MR) is 114 cm³/mol. The number of ether oxygens (including phenoxy) is 5. The van der Waals surface area contributed by atoms with Crippen molar-refractivity contribution in [3.8, 4) is 0 Å². The van der Waals surface area contributed by atoms with Crippen molar-refractivity contribution >= 4 is 17.9 Å². The molecule has 0 aromatic carbocycles. The highest BCUT2D eigenvalue weighted by molar-refractivity contribution is 5.94. The van der Waals surface area contributed by atoms with E-state index in [4.69, 9.17) is 23.7 Å². The van der Waals surface area contributed by atoms with Crippen LogP contribution in [-0.2, 0) is 38.1 Å². The molecule has 4 aliphatic heterocycles. The molecule has 0 amide bonds. The van der Waals surface area contributed by atoms with Gasteiger partial charge in [0.05, 0.1) is 23.4 Å². The molecule has 35 heavy (non-hydrogen) atoms. The highest BCUT2D eigenvalue weighted by atomic mass is 16.8. The molecule has 11 heteroatoms. The van der Waals surface area contributed by atoms with Crippen molar-refractivity contribution in [3.05, 3.63) is 0 Å². The number of carbonyl (C=O) groups is 3. The molecule has 6 rings (SSSR count). The van der Waals surface area contributed by atoms with Gasteiger partial charge in [0.1, 0.15) is 12.2 Å². The number of fused-ring (bicyclic) bond motifs is 1. The van der Waals surface area contributed by atoms with E-state index in [2.05, 4.69) is 0 Å². The highest BCUT2D eigenvalue weighted by Gasteiger charge is 3.04. The van der Waals surface area contributed by atoms with Crippen molar-refractivity contribution in [2.75, 3.05) is 27.2 Å². The molecule has 11 atom stereocenters. The summed E-state index contributed by atoms with van der Waals surface area (Å²) in [6.45, 7) is 8.16. The Morgan fingerprint density at radius 3 is 2.43 bits per heavy atom. The third-order valence-electron chi connectivity index (χ3n) is 9.79. The Labute approximate surface area is 202 Å². The Balaban J connectivity index is 1.62. The smallest absolute Gasteiger partial charge is 0.343 e. The van der Waals surface area contributed by atoms with Crippen molar-refractivity contribution < 1.29 is 48.3 Å². The SMILES string of the molecule is C[C@@H]1C(=O)O[C@H]2[C@H](O)C34[C@H]5C[C@@H](C(C)(C)C)C36[C@H](OC(=O)[C@@H]6OCCN(C)C)OC4(C(=O)O5)[C@@]12O. The maximum absolute atomic E-state index is 13.7. The fourth-order valence-corrected chi connectivity index (χ4v) is 8.65. The largest absolute Gasteiger partial charge is 0.459 e. The zero-order valence-electron chi connectivity index (χ0n) is 20.8. The van der Waals surface area contributed by atoms with E-state index in [9.17, 15) is 24.6 Å². The minimum atomic E-state index is -2.21. The van der Waals surface area contributed by atoms with Gasteiger partial charge in [0.2, 0.25) is 11.9 Å². The lowest BCUT2D eigenvalue weighted by molar-refractivity contribution is -0.240. The van der Waals surface area contributed by atoms with Crippen molar-refractivity contribution in [1.82, 2.24) is 4.90 Å². The molecule has 2 spiro atoms. The van der Waals surface area contributed by atoms with Crippen molar-refractivity contribution in [3.63, 3.8) is 0 Å². The van der Waals surface area contributed by atoms with Crippen LogP contribution in [0.5, 0.6) is 0 Å². The highest BCUT2D eigenvalue weighted by Crippen LogP contribution is 2.84. The Morgan fingerprint density at radius 1 is 1.11 bits per heavy atom. The summed E-state index contributed by atoms with van der Waals surface area (Å²) >= 11 is 0. The predicted octanol–water partition coefficient (Wildman–Crippen LogP) is -0.784. The minimum Gasteiger partial charge on any atom is -0.459 e. The Morgan fingerprint density at radius 2 is 1.80 bits per heavy atom. The number of hydrogen-bond donors (Lipinski definition) is 2. The third kappa shape index (κ3) is 2.10. The van der Waals surface area contributed by atoms with Crippen LogP contribution in [0.2, 0.25) is 0 Å². The van der Waals surface area contributed by atoms with Crippen LogP contribution >= 0.6 is 0 Å². The molecule has 4 heterocycles. The van der Waals surface area contributed by atoms with E-state index >= 15 is 0 Å². The lowest BCUT2D eigenvalue weighted by Gasteiger charge is -2.48. The van der Waals surface area contributed by atoms with Gasteiger partial charge in [-0.15, -0.1) is 0 Å². The average Bonchev–Trinajstić information content (AvgIpc) is 3.46. The van der Waals surface area contributed by atoms with E-state index in [1.807, 2.05) is 39.8 Å². The molecule has 2 N–H and O–H groups in total. The van der Waals surface area contributed by atoms with Gasteiger partial charge >= 0.3 is 17.9 Å². The summed E-state index contributed by atoms with van der Waals surface area (Å²) in [6.07, 6.45) is -6.01. The van der Waals surface area contributed by atoms with E-state index in [1.165, 1.54) is 6.92 Å². The van der Waals surface area contributed by atoms with Gasteiger partial charge in [-0.3, -0.25) is 4.79 Å². The van der Waals surface area contributed by atoms with Crippen LogP contribution in [0.15, 0.2) is 0 Å². The van der Waals surface area contributed by atoms with Gasteiger partial charge in [0, 0.05) is 6.54 Å². The molecule has 0 bridgehead atoms. The number of nitrogens with zero attached hydrogens (tertiary/aromatic N) is 1. The number of aliphatic hydroxyl groups is 2. The normalized spacial score (nSPS) is 53.4. The summed E-state index contributed by atoms with van der Waals surface area (Å²) in [5.74, 6) is -3.80. The second-order valence-electron chi connectivity index (χ2n) is 12.3. The van der Waals surface area contributed by atoms with Crippen molar-refractivity contribution in [1.29, 1.82) is 0 Å². The first kappa shape index (κ1) is 23.6. The number of likely N-dealkylation sites (N-methyl/N-ethyl adjacent to an activating group) is 1. The molecule has 2 saturated carbocycles. The molecular weight excluding hydrogens is 462 g/mol. The maximum atomic E-state index is 13.7. The van der Waals surface area contributed by atoms with Gasteiger partial charge in [-0.25, -0.2) is 9.59 Å². The zero-order valence-corrected chi connectivity index (χ0v) is 20.8. The van der Waals surface area contributed by atoms with E-state index in [0.717, 1.165) is 0 Å². The topological polar surface area (TPSA) is 141 Å². The summed E-state index contributed by atoms with van der Waals surface area (Å²) in [5.41, 5.74) is -7.81. The number of carbonyl (C=O) groups excluding carboxylic acids is 3. The standard InChI is InChI=1S/C24H33NO10/c1-10-16(27)33-14-13(26)22-12-9-11(20(2,3)4)21(22)15(31-8-7-25(5)6)17(28)34-19(21)35-24(22,18(29)32-12)23(10,14)30/h10-15,19,26,30H,7-9H2,1-6H3/t10-,11+,12-,13+,14+,15+,19-,21?,22?,23-,24?/m1/s1. The van der Waals surface area contributed by atoms with E-state index in [0.29, 0.717) is 13.0 Å². The van der Waals surface area contributed by atoms with Gasteiger partial charge in [-0.2, -0.15) is 0 Å². The fourth-order valence-electron chi connectivity index (χ4n) is 8.65. The quantitative estimate of drug-likeness (QED) is 0.375. The number of hydrogen-bond acceptors (Lipinski definition) is 11. The lowest BCUT2D eigenvalue weighted by atomic mass is 9.51. The fraction of sp³-hybridized carbons (Fsp3) is 0.875. The number of rotatable bonds is 4. The molecule has 6 fully saturated rings. The molecular formula is C24H33NO10. The summed E-state index contributed by atoms with van der Waals surface area (Å²) in [6, 6.07) is 0. The van der Waals surface area contributed by atoms with Crippen LogP contribution in [0.3, 0.4) is 0 Å². The lowest BCUT2D eigenvalue weighted by Crippen LogP contribution is -2.67. The Hall–Kier alpha value is -1.79. The molecule has 2 aliphatic carbocycles. The van der Waals surface area contributed by atoms with Gasteiger partial charge in [-0.05, 0) is 38.8 Å². The number of esters is 3. The number of aliphatic hydroxyl groups excluding tert-OH is 1. The van der Waals surface area contributed by atoms with Gasteiger partial charge < -0.3 is 38.8 Å². The second kappa shape index (κ2) is 6.55. The maximum Gasteiger partial charge on any atom is 0.343 e. The third-order valence-corrected chi connectivity index (χ3v) is 9.79. The van der Waals surface area contributed by atoms with Gasteiger partial charge in [0.15, 0.2) is 17.8 Å². The monoisotopic (exact) mass is 495 g/mol. The molecule has 0 aromatic heterocycles. The van der Waals surface area contributed by atoms with Crippen LogP contribution in [0.25, 0.3) is 0 Å². The summed E-state index contributed by atoms with van der Waals surface area (Å²) in [5, 5.41) is 24.1. The molecule has 6 aliphatic rings. The Bertz CT molecular complexity index is 1020. The molecule has 0 aromatic rings. The molecule has 0 radical (unpaired) electrons. The van der Waals surface area contributed by atoms with Crippen LogP contribution in [0.4, 0.5) is 0 Å². The summed E-state index contributed by atoms with van der Waals surface area (Å²) in [7, 11) is 3.75. The van der Waals surface area contributed by atoms with Crippen LogP contribution in [0, 0.1) is 28.1 Å². The molecule has 4 saturated heterocycles. The van der Waals surface area contributed by atoms with Crippen LogP contribution < -0.4 is 0 Å². The first-order valence-corrected chi connectivity index (χ1v) is 12.2. The zero-order chi connectivity index (χ0) is 25.5. The second-order valence-corrected chi connectivity index (χ2v) is 12.3. The summed E-state index contributed by atoms with van der Waals surface area (Å²) in [4.78, 5) is 41.5. The minimum absolute atomic E-state index is 0.190. The van der Waals surface area contributed by atoms with E-state index < -0.39 is 82.0 Å². The van der Waals surface area contributed by atoms with Crippen LogP contribution in [-0.4, -0.2) is 102 Å². The molecule has 11 nitrogen and oxygen atoms in total. The van der Waals surface area contributed by atoms with Gasteiger partial charge in [0.25, 0.3) is 0 Å². The van der Waals surface area contributed by atoms with Gasteiger partial charge in [-0.1, -0.05) is 20.8 Å².